The summed E-state index contributed by atoms with van der Waals surface area (Å²) >= 11 is 0. The zero-order valence-electron chi connectivity index (χ0n) is 10.3. The van der Waals surface area contributed by atoms with E-state index in [4.69, 9.17) is 5.73 Å². The predicted molar refractivity (Wildman–Crippen MR) is 69.2 cm³/mol. The number of likely N-dealkylation sites (tertiary alicyclic amines) is 1. The number of hydrogen-bond acceptors (Lipinski definition) is 2. The van der Waals surface area contributed by atoms with E-state index in [0.29, 0.717) is 12.1 Å². The highest BCUT2D eigenvalue weighted by Crippen LogP contribution is 2.25. The van der Waals surface area contributed by atoms with Crippen molar-refractivity contribution in [2.45, 2.75) is 51.7 Å². The van der Waals surface area contributed by atoms with Crippen LogP contribution >= 0.6 is 0 Å². The monoisotopic (exact) mass is 218 g/mol. The van der Waals surface area contributed by atoms with Crippen molar-refractivity contribution in [1.29, 1.82) is 0 Å². The standard InChI is InChI=1S/C14H22N2/c1-11-6-5-7-12(2)16(11)10-13-8-3-4-9-14(13)15/h3-4,8-9,11-12H,5-7,10,15H2,1-2H3. The molecule has 0 aromatic heterocycles. The second-order valence-electron chi connectivity index (χ2n) is 5.00. The Morgan fingerprint density at radius 2 is 1.81 bits per heavy atom. The second kappa shape index (κ2) is 4.88. The molecular formula is C14H22N2. The third-order valence-corrected chi connectivity index (χ3v) is 3.78. The Morgan fingerprint density at radius 1 is 1.19 bits per heavy atom. The van der Waals surface area contributed by atoms with Crippen LogP contribution in [0.15, 0.2) is 24.3 Å². The minimum atomic E-state index is 0.684. The van der Waals surface area contributed by atoms with Gasteiger partial charge in [-0.15, -0.1) is 0 Å². The predicted octanol–water partition coefficient (Wildman–Crippen LogP) is 3.03. The highest BCUT2D eigenvalue weighted by molar-refractivity contribution is 5.46. The molecule has 0 aliphatic carbocycles. The molecule has 2 nitrogen and oxygen atoms in total. The highest BCUT2D eigenvalue weighted by atomic mass is 15.2. The molecule has 0 bridgehead atoms. The first-order chi connectivity index (χ1) is 7.68. The maximum absolute atomic E-state index is 6.00. The van der Waals surface area contributed by atoms with E-state index in [-0.39, 0.29) is 0 Å². The third kappa shape index (κ3) is 2.38. The molecule has 2 atom stereocenters. The lowest BCUT2D eigenvalue weighted by atomic mass is 9.96. The molecule has 2 rings (SSSR count). The van der Waals surface area contributed by atoms with Crippen molar-refractivity contribution in [1.82, 2.24) is 4.90 Å². The molecule has 2 N–H and O–H groups in total. The lowest BCUT2D eigenvalue weighted by Crippen LogP contribution is -2.43. The molecule has 1 aliphatic rings. The van der Waals surface area contributed by atoms with Crippen molar-refractivity contribution in [2.24, 2.45) is 0 Å². The van der Waals surface area contributed by atoms with Gasteiger partial charge in [0, 0.05) is 24.3 Å². The maximum atomic E-state index is 6.00. The number of para-hydroxylation sites is 1. The van der Waals surface area contributed by atoms with Crippen LogP contribution in [0, 0.1) is 0 Å². The van der Waals surface area contributed by atoms with Crippen LogP contribution in [0.2, 0.25) is 0 Å². The van der Waals surface area contributed by atoms with Crippen molar-refractivity contribution in [3.63, 3.8) is 0 Å². The van der Waals surface area contributed by atoms with Crippen LogP contribution in [0.25, 0.3) is 0 Å². The SMILES string of the molecule is CC1CCCC(C)N1Cc1ccccc1N. The van der Waals surface area contributed by atoms with Gasteiger partial charge in [0.1, 0.15) is 0 Å². The Kier molecular flexibility index (Phi) is 3.49. The molecule has 0 amide bonds. The molecule has 1 aromatic rings. The first-order valence-corrected chi connectivity index (χ1v) is 6.27. The van der Waals surface area contributed by atoms with Crippen LogP contribution in [-0.2, 0) is 6.54 Å². The van der Waals surface area contributed by atoms with Crippen molar-refractivity contribution in [3.8, 4) is 0 Å². The van der Waals surface area contributed by atoms with Gasteiger partial charge in [-0.1, -0.05) is 24.6 Å². The number of piperidine rings is 1. The summed E-state index contributed by atoms with van der Waals surface area (Å²) in [7, 11) is 0. The number of benzene rings is 1. The van der Waals surface area contributed by atoms with Crippen molar-refractivity contribution >= 4 is 5.69 Å². The maximum Gasteiger partial charge on any atom is 0.0359 e. The molecule has 1 saturated heterocycles. The topological polar surface area (TPSA) is 29.3 Å². The molecule has 0 saturated carbocycles. The molecule has 0 spiro atoms. The summed E-state index contributed by atoms with van der Waals surface area (Å²) in [5.41, 5.74) is 8.19. The van der Waals surface area contributed by atoms with Gasteiger partial charge >= 0.3 is 0 Å². The molecule has 88 valence electrons. The van der Waals surface area contributed by atoms with Crippen LogP contribution in [0.1, 0.15) is 38.7 Å². The Morgan fingerprint density at radius 3 is 2.44 bits per heavy atom. The number of rotatable bonds is 2. The number of hydrogen-bond donors (Lipinski definition) is 1. The first-order valence-electron chi connectivity index (χ1n) is 6.27. The number of nitrogens with two attached hydrogens (primary N) is 1. The summed E-state index contributed by atoms with van der Waals surface area (Å²) < 4.78 is 0. The van der Waals surface area contributed by atoms with E-state index in [9.17, 15) is 0 Å². The molecule has 0 radical (unpaired) electrons. The molecule has 1 aliphatic heterocycles. The zero-order valence-corrected chi connectivity index (χ0v) is 10.3. The molecule has 16 heavy (non-hydrogen) atoms. The van der Waals surface area contributed by atoms with E-state index in [1.54, 1.807) is 0 Å². The quantitative estimate of drug-likeness (QED) is 0.773. The summed E-state index contributed by atoms with van der Waals surface area (Å²) in [6.45, 7) is 5.65. The van der Waals surface area contributed by atoms with Gasteiger partial charge in [0.2, 0.25) is 0 Å². The Bertz CT molecular complexity index is 338. The van der Waals surface area contributed by atoms with Crippen LogP contribution in [0.3, 0.4) is 0 Å². The van der Waals surface area contributed by atoms with Gasteiger partial charge in [-0.2, -0.15) is 0 Å². The van der Waals surface area contributed by atoms with Gasteiger partial charge in [-0.25, -0.2) is 0 Å². The van der Waals surface area contributed by atoms with Gasteiger partial charge in [0.25, 0.3) is 0 Å². The molecule has 1 fully saturated rings. The average molecular weight is 218 g/mol. The van der Waals surface area contributed by atoms with Crippen LogP contribution < -0.4 is 5.73 Å². The molecule has 2 heteroatoms. The summed E-state index contributed by atoms with van der Waals surface area (Å²) in [5, 5.41) is 0. The average Bonchev–Trinajstić information content (AvgIpc) is 2.26. The van der Waals surface area contributed by atoms with Gasteiger partial charge in [-0.3, -0.25) is 4.90 Å². The normalized spacial score (nSPS) is 26.9. The van der Waals surface area contributed by atoms with E-state index < -0.39 is 0 Å². The molecule has 1 heterocycles. The summed E-state index contributed by atoms with van der Waals surface area (Å²) in [6, 6.07) is 9.58. The van der Waals surface area contributed by atoms with E-state index in [0.717, 1.165) is 12.2 Å². The fourth-order valence-corrected chi connectivity index (χ4v) is 2.66. The van der Waals surface area contributed by atoms with Crippen LogP contribution in [-0.4, -0.2) is 17.0 Å². The number of nitrogen functional groups attached to an aromatic ring is 1. The van der Waals surface area contributed by atoms with Crippen molar-refractivity contribution in [2.75, 3.05) is 5.73 Å². The van der Waals surface area contributed by atoms with Crippen molar-refractivity contribution in [3.05, 3.63) is 29.8 Å². The minimum Gasteiger partial charge on any atom is -0.398 e. The van der Waals surface area contributed by atoms with Crippen LogP contribution in [0.4, 0.5) is 5.69 Å². The summed E-state index contributed by atoms with van der Waals surface area (Å²) in [6.07, 6.45) is 4.00. The number of nitrogens with zero attached hydrogens (tertiary/aromatic N) is 1. The lowest BCUT2D eigenvalue weighted by molar-refractivity contribution is 0.0955. The first kappa shape index (κ1) is 11.5. The smallest absolute Gasteiger partial charge is 0.0359 e. The molecular weight excluding hydrogens is 196 g/mol. The fourth-order valence-electron chi connectivity index (χ4n) is 2.66. The van der Waals surface area contributed by atoms with Crippen LogP contribution in [0.5, 0.6) is 0 Å². The van der Waals surface area contributed by atoms with Gasteiger partial charge in [-0.05, 0) is 38.3 Å². The second-order valence-corrected chi connectivity index (χ2v) is 5.00. The Hall–Kier alpha value is -1.02. The highest BCUT2D eigenvalue weighted by Gasteiger charge is 2.24. The molecule has 1 aromatic carbocycles. The molecule has 2 unspecified atom stereocenters. The van der Waals surface area contributed by atoms with Gasteiger partial charge < -0.3 is 5.73 Å². The van der Waals surface area contributed by atoms with E-state index in [1.165, 1.54) is 24.8 Å². The number of anilines is 1. The van der Waals surface area contributed by atoms with Gasteiger partial charge in [0.15, 0.2) is 0 Å². The van der Waals surface area contributed by atoms with E-state index in [2.05, 4.69) is 30.9 Å². The Labute approximate surface area is 98.4 Å². The van der Waals surface area contributed by atoms with Gasteiger partial charge in [0.05, 0.1) is 0 Å². The Balaban J connectivity index is 2.11. The lowest BCUT2D eigenvalue weighted by Gasteiger charge is -2.39. The summed E-state index contributed by atoms with van der Waals surface area (Å²) in [4.78, 5) is 2.58. The van der Waals surface area contributed by atoms with Crippen molar-refractivity contribution < 1.29 is 0 Å². The van der Waals surface area contributed by atoms with E-state index >= 15 is 0 Å². The van der Waals surface area contributed by atoms with E-state index in [1.807, 2.05) is 12.1 Å². The largest absolute Gasteiger partial charge is 0.398 e. The minimum absolute atomic E-state index is 0.684. The zero-order chi connectivity index (χ0) is 11.5. The third-order valence-electron chi connectivity index (χ3n) is 3.78. The fraction of sp³-hybridized carbons (Fsp3) is 0.571. The summed E-state index contributed by atoms with van der Waals surface area (Å²) in [5.74, 6) is 0.